The fourth-order valence-electron chi connectivity index (χ4n) is 2.02. The maximum absolute atomic E-state index is 11.8. The van der Waals surface area contributed by atoms with Crippen molar-refractivity contribution in [2.24, 2.45) is 5.92 Å². The molecule has 4 heteroatoms. The summed E-state index contributed by atoms with van der Waals surface area (Å²) in [6, 6.07) is 5.67. The standard InChI is InChI=1S/C15H23ClN2O/c1-10(2)7-14(15(19)17-4)18-9-12-5-6-13(16)8-11(12)3/h5-6,8,10,14,18H,7,9H2,1-4H3,(H,17,19). The Balaban J connectivity index is 2.67. The summed E-state index contributed by atoms with van der Waals surface area (Å²) in [7, 11) is 1.67. The highest BCUT2D eigenvalue weighted by Gasteiger charge is 2.18. The third-order valence-electron chi connectivity index (χ3n) is 3.11. The van der Waals surface area contributed by atoms with E-state index in [9.17, 15) is 4.79 Å². The average Bonchev–Trinajstić information content (AvgIpc) is 2.34. The molecular weight excluding hydrogens is 260 g/mol. The zero-order valence-electron chi connectivity index (χ0n) is 12.1. The van der Waals surface area contributed by atoms with E-state index in [1.807, 2.05) is 25.1 Å². The fourth-order valence-corrected chi connectivity index (χ4v) is 2.25. The first-order valence-electron chi connectivity index (χ1n) is 6.64. The second-order valence-corrected chi connectivity index (χ2v) is 5.68. The van der Waals surface area contributed by atoms with E-state index in [0.717, 1.165) is 17.0 Å². The molecule has 0 radical (unpaired) electrons. The molecule has 0 saturated carbocycles. The van der Waals surface area contributed by atoms with Gasteiger partial charge >= 0.3 is 0 Å². The minimum Gasteiger partial charge on any atom is -0.358 e. The molecule has 0 saturated heterocycles. The normalized spacial score (nSPS) is 12.5. The molecule has 0 spiro atoms. The van der Waals surface area contributed by atoms with E-state index in [-0.39, 0.29) is 11.9 Å². The van der Waals surface area contributed by atoms with Crippen LogP contribution in [0, 0.1) is 12.8 Å². The Bertz CT molecular complexity index is 432. The molecule has 1 rings (SSSR count). The molecule has 1 aromatic carbocycles. The number of rotatable bonds is 6. The first-order chi connectivity index (χ1) is 8.93. The summed E-state index contributed by atoms with van der Waals surface area (Å²) in [5.74, 6) is 0.515. The molecule has 1 unspecified atom stereocenters. The number of benzene rings is 1. The van der Waals surface area contributed by atoms with Gasteiger partial charge in [0, 0.05) is 18.6 Å². The molecule has 0 heterocycles. The topological polar surface area (TPSA) is 41.1 Å². The number of hydrogen-bond donors (Lipinski definition) is 2. The smallest absolute Gasteiger partial charge is 0.236 e. The van der Waals surface area contributed by atoms with Crippen molar-refractivity contribution >= 4 is 17.5 Å². The van der Waals surface area contributed by atoms with Crippen LogP contribution in [0.2, 0.25) is 5.02 Å². The van der Waals surface area contributed by atoms with Crippen LogP contribution in [-0.2, 0) is 11.3 Å². The number of likely N-dealkylation sites (N-methyl/N-ethyl adjacent to an activating group) is 1. The molecule has 3 nitrogen and oxygen atoms in total. The molecule has 19 heavy (non-hydrogen) atoms. The number of nitrogens with one attached hydrogen (secondary N) is 2. The van der Waals surface area contributed by atoms with Crippen molar-refractivity contribution in [3.8, 4) is 0 Å². The minimum atomic E-state index is -0.153. The SMILES string of the molecule is CNC(=O)C(CC(C)C)NCc1ccc(Cl)cc1C. The van der Waals surface area contributed by atoms with E-state index in [4.69, 9.17) is 11.6 Å². The van der Waals surface area contributed by atoms with Crippen molar-refractivity contribution in [2.75, 3.05) is 7.05 Å². The molecule has 0 aliphatic heterocycles. The number of carbonyl (C=O) groups is 1. The number of carbonyl (C=O) groups excluding carboxylic acids is 1. The summed E-state index contributed by atoms with van der Waals surface area (Å²) in [6.07, 6.45) is 0.826. The molecular formula is C15H23ClN2O. The van der Waals surface area contributed by atoms with Gasteiger partial charge in [0.2, 0.25) is 5.91 Å². The molecule has 1 aromatic rings. The second-order valence-electron chi connectivity index (χ2n) is 5.25. The van der Waals surface area contributed by atoms with Crippen LogP contribution in [0.4, 0.5) is 0 Å². The van der Waals surface area contributed by atoms with Gasteiger partial charge in [-0.25, -0.2) is 0 Å². The van der Waals surface area contributed by atoms with Crippen LogP contribution in [-0.4, -0.2) is 19.0 Å². The van der Waals surface area contributed by atoms with E-state index in [1.54, 1.807) is 7.05 Å². The molecule has 1 amide bonds. The van der Waals surface area contributed by atoms with Crippen molar-refractivity contribution in [1.29, 1.82) is 0 Å². The Morgan fingerprint density at radius 1 is 1.37 bits per heavy atom. The first-order valence-corrected chi connectivity index (χ1v) is 7.01. The van der Waals surface area contributed by atoms with Crippen LogP contribution in [0.3, 0.4) is 0 Å². The van der Waals surface area contributed by atoms with E-state index < -0.39 is 0 Å². The van der Waals surface area contributed by atoms with Gasteiger partial charge in [-0.15, -0.1) is 0 Å². The van der Waals surface area contributed by atoms with Gasteiger partial charge < -0.3 is 10.6 Å². The lowest BCUT2D eigenvalue weighted by atomic mass is 10.0. The summed E-state index contributed by atoms with van der Waals surface area (Å²) in [4.78, 5) is 11.8. The Kier molecular flexibility index (Phi) is 6.32. The number of aryl methyl sites for hydroxylation is 1. The lowest BCUT2D eigenvalue weighted by molar-refractivity contribution is -0.123. The van der Waals surface area contributed by atoms with Crippen molar-refractivity contribution in [1.82, 2.24) is 10.6 Å². The Morgan fingerprint density at radius 2 is 2.05 bits per heavy atom. The molecule has 0 aliphatic rings. The third-order valence-corrected chi connectivity index (χ3v) is 3.35. The monoisotopic (exact) mass is 282 g/mol. The quantitative estimate of drug-likeness (QED) is 0.842. The Morgan fingerprint density at radius 3 is 2.58 bits per heavy atom. The Hall–Kier alpha value is -1.06. The predicted octanol–water partition coefficient (Wildman–Crippen LogP) is 2.90. The van der Waals surface area contributed by atoms with Gasteiger partial charge in [0.15, 0.2) is 0 Å². The van der Waals surface area contributed by atoms with Crippen molar-refractivity contribution in [3.05, 3.63) is 34.3 Å². The van der Waals surface area contributed by atoms with Gasteiger partial charge in [-0.2, -0.15) is 0 Å². The summed E-state index contributed by atoms with van der Waals surface area (Å²) in [5, 5.41) is 6.77. The van der Waals surface area contributed by atoms with Crippen LogP contribution in [0.1, 0.15) is 31.4 Å². The predicted molar refractivity (Wildman–Crippen MR) is 80.3 cm³/mol. The minimum absolute atomic E-state index is 0.0420. The fraction of sp³-hybridized carbons (Fsp3) is 0.533. The summed E-state index contributed by atoms with van der Waals surface area (Å²) in [5.41, 5.74) is 2.31. The van der Waals surface area contributed by atoms with E-state index in [1.165, 1.54) is 5.56 Å². The van der Waals surface area contributed by atoms with E-state index in [2.05, 4.69) is 24.5 Å². The van der Waals surface area contributed by atoms with Gasteiger partial charge in [0.05, 0.1) is 6.04 Å². The first kappa shape index (κ1) is 16.0. The van der Waals surface area contributed by atoms with Crippen LogP contribution >= 0.6 is 11.6 Å². The van der Waals surface area contributed by atoms with Crippen LogP contribution < -0.4 is 10.6 Å². The van der Waals surface area contributed by atoms with E-state index >= 15 is 0 Å². The van der Waals surface area contributed by atoms with Gasteiger partial charge in [-0.05, 0) is 42.5 Å². The largest absolute Gasteiger partial charge is 0.358 e. The van der Waals surface area contributed by atoms with Crippen LogP contribution in [0.25, 0.3) is 0 Å². The zero-order chi connectivity index (χ0) is 14.4. The van der Waals surface area contributed by atoms with Crippen molar-refractivity contribution < 1.29 is 4.79 Å². The Labute approximate surface area is 120 Å². The van der Waals surface area contributed by atoms with Gasteiger partial charge in [-0.1, -0.05) is 31.5 Å². The van der Waals surface area contributed by atoms with Crippen LogP contribution in [0.5, 0.6) is 0 Å². The number of amides is 1. The molecule has 1 atom stereocenters. The highest BCUT2D eigenvalue weighted by Crippen LogP contribution is 2.15. The summed E-state index contributed by atoms with van der Waals surface area (Å²) in [6.45, 7) is 6.93. The zero-order valence-corrected chi connectivity index (χ0v) is 12.8. The maximum Gasteiger partial charge on any atom is 0.236 e. The number of hydrogen-bond acceptors (Lipinski definition) is 2. The molecule has 0 aromatic heterocycles. The van der Waals surface area contributed by atoms with Crippen molar-refractivity contribution in [3.63, 3.8) is 0 Å². The summed E-state index contributed by atoms with van der Waals surface area (Å²) < 4.78 is 0. The molecule has 0 aliphatic carbocycles. The van der Waals surface area contributed by atoms with Gasteiger partial charge in [0.1, 0.15) is 0 Å². The highest BCUT2D eigenvalue weighted by molar-refractivity contribution is 6.30. The van der Waals surface area contributed by atoms with Crippen molar-refractivity contribution in [2.45, 2.75) is 39.8 Å². The molecule has 0 fully saturated rings. The number of halogens is 1. The molecule has 106 valence electrons. The maximum atomic E-state index is 11.8. The van der Waals surface area contributed by atoms with Crippen LogP contribution in [0.15, 0.2) is 18.2 Å². The molecule has 2 N–H and O–H groups in total. The lowest BCUT2D eigenvalue weighted by Crippen LogP contribution is -2.43. The summed E-state index contributed by atoms with van der Waals surface area (Å²) >= 11 is 5.94. The molecule has 0 bridgehead atoms. The van der Waals surface area contributed by atoms with Gasteiger partial charge in [-0.3, -0.25) is 4.79 Å². The lowest BCUT2D eigenvalue weighted by Gasteiger charge is -2.19. The highest BCUT2D eigenvalue weighted by atomic mass is 35.5. The van der Waals surface area contributed by atoms with Gasteiger partial charge in [0.25, 0.3) is 0 Å². The third kappa shape index (κ3) is 5.21. The average molecular weight is 283 g/mol. The second kappa shape index (κ2) is 7.51. The van der Waals surface area contributed by atoms with E-state index in [0.29, 0.717) is 12.5 Å².